The molecule has 0 radical (unpaired) electrons. The van der Waals surface area contributed by atoms with Gasteiger partial charge in [-0.15, -0.1) is 0 Å². The van der Waals surface area contributed by atoms with Gasteiger partial charge in [-0.2, -0.15) is 0 Å². The first-order valence-corrected chi connectivity index (χ1v) is 10.2. The van der Waals surface area contributed by atoms with Crippen molar-refractivity contribution in [3.05, 3.63) is 59.7 Å². The molecule has 2 aromatic rings. The highest BCUT2D eigenvalue weighted by Gasteiger charge is 2.20. The number of carbonyl (C=O) groups is 1. The fraction of sp³-hybridized carbons (Fsp3) is 0.435. The molecule has 2 aromatic carbocycles. The van der Waals surface area contributed by atoms with E-state index in [-0.39, 0.29) is 5.91 Å². The Morgan fingerprint density at radius 3 is 2.34 bits per heavy atom. The number of ether oxygens (including phenoxy) is 2. The first-order valence-electron chi connectivity index (χ1n) is 10.2. The summed E-state index contributed by atoms with van der Waals surface area (Å²) in [6.07, 6.45) is 0.520. The van der Waals surface area contributed by atoms with E-state index in [0.717, 1.165) is 49.8 Å². The molecule has 1 fully saturated rings. The fourth-order valence-electron chi connectivity index (χ4n) is 3.57. The highest BCUT2D eigenvalue weighted by Crippen LogP contribution is 2.27. The summed E-state index contributed by atoms with van der Waals surface area (Å²) in [6.45, 7) is 5.79. The van der Waals surface area contributed by atoms with Gasteiger partial charge in [0.1, 0.15) is 0 Å². The molecule has 6 nitrogen and oxygen atoms in total. The van der Waals surface area contributed by atoms with Crippen LogP contribution in [0, 0.1) is 0 Å². The van der Waals surface area contributed by atoms with Crippen LogP contribution in [-0.4, -0.2) is 62.7 Å². The lowest BCUT2D eigenvalue weighted by molar-refractivity contribution is -0.132. The maximum Gasteiger partial charge on any atom is 0.223 e. The number of rotatable bonds is 9. The van der Waals surface area contributed by atoms with Crippen LogP contribution in [0.3, 0.4) is 0 Å². The van der Waals surface area contributed by atoms with Crippen LogP contribution in [0.15, 0.2) is 48.5 Å². The predicted octanol–water partition coefficient (Wildman–Crippen LogP) is 2.53. The second-order valence-electron chi connectivity index (χ2n) is 7.26. The van der Waals surface area contributed by atoms with Crippen molar-refractivity contribution in [1.29, 1.82) is 0 Å². The van der Waals surface area contributed by atoms with Crippen LogP contribution in [0.1, 0.15) is 17.5 Å². The lowest BCUT2D eigenvalue weighted by Gasteiger charge is -2.34. The summed E-state index contributed by atoms with van der Waals surface area (Å²) in [4.78, 5) is 16.9. The third-order valence-corrected chi connectivity index (χ3v) is 5.27. The molecule has 0 unspecified atom stereocenters. The number of benzene rings is 2. The van der Waals surface area contributed by atoms with E-state index in [4.69, 9.17) is 9.47 Å². The first kappa shape index (κ1) is 21.1. The number of hydrogen-bond acceptors (Lipinski definition) is 5. The van der Waals surface area contributed by atoms with Crippen molar-refractivity contribution in [3.8, 4) is 11.5 Å². The number of piperazine rings is 1. The molecule has 1 aliphatic heterocycles. The minimum atomic E-state index is 0.226. The Kier molecular flexibility index (Phi) is 7.90. The van der Waals surface area contributed by atoms with Crippen LogP contribution in [-0.2, 0) is 17.9 Å². The average Bonchev–Trinajstić information content (AvgIpc) is 2.77. The molecule has 0 spiro atoms. The molecule has 3 rings (SSSR count). The number of nitrogens with zero attached hydrogens (tertiary/aromatic N) is 2. The van der Waals surface area contributed by atoms with Crippen LogP contribution in [0.5, 0.6) is 11.5 Å². The van der Waals surface area contributed by atoms with Crippen LogP contribution in [0.2, 0.25) is 0 Å². The van der Waals surface area contributed by atoms with Gasteiger partial charge in [0.05, 0.1) is 14.2 Å². The van der Waals surface area contributed by atoms with Gasteiger partial charge in [-0.3, -0.25) is 9.69 Å². The van der Waals surface area contributed by atoms with E-state index < -0.39 is 0 Å². The Hall–Kier alpha value is -2.57. The van der Waals surface area contributed by atoms with E-state index in [0.29, 0.717) is 19.5 Å². The number of methoxy groups -OCH3 is 2. The number of carbonyl (C=O) groups excluding carboxylic acids is 1. The van der Waals surface area contributed by atoms with Gasteiger partial charge in [-0.1, -0.05) is 36.4 Å². The molecule has 0 bridgehead atoms. The standard InChI is InChI=1S/C23H31N3O3/c1-28-21-9-8-20(16-22(21)29-2)17-24-11-10-23(27)26-14-12-25(13-15-26)18-19-6-4-3-5-7-19/h3-9,16,24H,10-15,17-18H2,1-2H3. The number of hydrogen-bond donors (Lipinski definition) is 1. The zero-order chi connectivity index (χ0) is 20.5. The van der Waals surface area contributed by atoms with E-state index in [1.165, 1.54) is 5.56 Å². The monoisotopic (exact) mass is 397 g/mol. The summed E-state index contributed by atoms with van der Waals surface area (Å²) >= 11 is 0. The Morgan fingerprint density at radius 2 is 1.66 bits per heavy atom. The van der Waals surface area contributed by atoms with Gasteiger partial charge in [-0.05, 0) is 23.3 Å². The van der Waals surface area contributed by atoms with Crippen LogP contribution >= 0.6 is 0 Å². The Balaban J connectivity index is 1.35. The number of nitrogens with one attached hydrogen (secondary N) is 1. The van der Waals surface area contributed by atoms with Gasteiger partial charge in [0.2, 0.25) is 5.91 Å². The molecule has 1 aliphatic rings. The van der Waals surface area contributed by atoms with Crippen molar-refractivity contribution in [3.63, 3.8) is 0 Å². The molecule has 0 saturated carbocycles. The lowest BCUT2D eigenvalue weighted by atomic mass is 10.2. The summed E-state index contributed by atoms with van der Waals surface area (Å²) < 4.78 is 10.6. The SMILES string of the molecule is COc1ccc(CNCCC(=O)N2CCN(Cc3ccccc3)CC2)cc1OC. The van der Waals surface area contributed by atoms with Crippen molar-refractivity contribution >= 4 is 5.91 Å². The van der Waals surface area contributed by atoms with Gasteiger partial charge in [0, 0.05) is 52.2 Å². The molecule has 0 aromatic heterocycles. The van der Waals surface area contributed by atoms with E-state index in [1.54, 1.807) is 14.2 Å². The maximum atomic E-state index is 12.5. The summed E-state index contributed by atoms with van der Waals surface area (Å²) in [5.41, 5.74) is 2.43. The Bertz CT molecular complexity index is 774. The summed E-state index contributed by atoms with van der Waals surface area (Å²) in [5.74, 6) is 1.67. The van der Waals surface area contributed by atoms with Crippen molar-refractivity contribution in [2.24, 2.45) is 0 Å². The highest BCUT2D eigenvalue weighted by atomic mass is 16.5. The van der Waals surface area contributed by atoms with Crippen molar-refractivity contribution in [1.82, 2.24) is 15.1 Å². The van der Waals surface area contributed by atoms with E-state index in [1.807, 2.05) is 29.2 Å². The molecule has 1 amide bonds. The molecule has 0 atom stereocenters. The molecule has 1 heterocycles. The van der Waals surface area contributed by atoms with Gasteiger partial charge < -0.3 is 19.7 Å². The quantitative estimate of drug-likeness (QED) is 0.659. The third kappa shape index (κ3) is 6.21. The van der Waals surface area contributed by atoms with Gasteiger partial charge in [0.25, 0.3) is 0 Å². The molecular weight excluding hydrogens is 366 g/mol. The number of amides is 1. The molecule has 156 valence electrons. The fourth-order valence-corrected chi connectivity index (χ4v) is 3.57. The molecule has 6 heteroatoms. The lowest BCUT2D eigenvalue weighted by Crippen LogP contribution is -2.48. The zero-order valence-electron chi connectivity index (χ0n) is 17.4. The van der Waals surface area contributed by atoms with Crippen LogP contribution in [0.25, 0.3) is 0 Å². The van der Waals surface area contributed by atoms with Crippen molar-refractivity contribution < 1.29 is 14.3 Å². The van der Waals surface area contributed by atoms with E-state index >= 15 is 0 Å². The first-order chi connectivity index (χ1) is 14.2. The highest BCUT2D eigenvalue weighted by molar-refractivity contribution is 5.76. The molecule has 1 N–H and O–H groups in total. The maximum absolute atomic E-state index is 12.5. The summed E-state index contributed by atoms with van der Waals surface area (Å²) in [7, 11) is 3.26. The van der Waals surface area contributed by atoms with Crippen molar-refractivity contribution in [2.75, 3.05) is 46.9 Å². The van der Waals surface area contributed by atoms with E-state index in [9.17, 15) is 4.79 Å². The van der Waals surface area contributed by atoms with Crippen LogP contribution < -0.4 is 14.8 Å². The molecule has 1 saturated heterocycles. The summed E-state index contributed by atoms with van der Waals surface area (Å²) in [5, 5.41) is 3.35. The minimum absolute atomic E-state index is 0.226. The second kappa shape index (κ2) is 10.8. The Morgan fingerprint density at radius 1 is 0.931 bits per heavy atom. The molecular formula is C23H31N3O3. The minimum Gasteiger partial charge on any atom is -0.493 e. The van der Waals surface area contributed by atoms with Crippen molar-refractivity contribution in [2.45, 2.75) is 19.5 Å². The van der Waals surface area contributed by atoms with E-state index in [2.05, 4.69) is 34.5 Å². The normalized spacial score (nSPS) is 14.6. The third-order valence-electron chi connectivity index (χ3n) is 5.27. The van der Waals surface area contributed by atoms with Crippen LogP contribution in [0.4, 0.5) is 0 Å². The summed E-state index contributed by atoms with van der Waals surface area (Å²) in [6, 6.07) is 16.4. The Labute approximate surface area is 173 Å². The van der Waals surface area contributed by atoms with Gasteiger partial charge in [0.15, 0.2) is 11.5 Å². The molecule has 0 aliphatic carbocycles. The topological polar surface area (TPSA) is 54.0 Å². The predicted molar refractivity (Wildman–Crippen MR) is 114 cm³/mol. The van der Waals surface area contributed by atoms with Gasteiger partial charge >= 0.3 is 0 Å². The smallest absolute Gasteiger partial charge is 0.223 e. The largest absolute Gasteiger partial charge is 0.493 e. The average molecular weight is 398 g/mol. The van der Waals surface area contributed by atoms with Gasteiger partial charge in [-0.25, -0.2) is 0 Å². The molecule has 29 heavy (non-hydrogen) atoms. The zero-order valence-corrected chi connectivity index (χ0v) is 17.4. The second-order valence-corrected chi connectivity index (χ2v) is 7.26.